The van der Waals surface area contributed by atoms with E-state index in [0.29, 0.717) is 5.69 Å². The van der Waals surface area contributed by atoms with Crippen molar-refractivity contribution in [1.29, 1.82) is 0 Å². The summed E-state index contributed by atoms with van der Waals surface area (Å²) < 4.78 is 5.92. The topological polar surface area (TPSA) is 107 Å². The zero-order valence-electron chi connectivity index (χ0n) is 11.6. The van der Waals surface area contributed by atoms with Gasteiger partial charge in [-0.15, -0.1) is 0 Å². The fourth-order valence-electron chi connectivity index (χ4n) is 1.55. The predicted octanol–water partition coefficient (Wildman–Crippen LogP) is 2.01. The van der Waals surface area contributed by atoms with Crippen LogP contribution >= 0.6 is 15.9 Å². The highest BCUT2D eigenvalue weighted by Crippen LogP contribution is 2.15. The molecule has 2 rings (SSSR count). The molecule has 0 aliphatic carbocycles. The van der Waals surface area contributed by atoms with Crippen LogP contribution in [0.1, 0.15) is 17.4 Å². The van der Waals surface area contributed by atoms with Crippen molar-refractivity contribution < 1.29 is 14.3 Å². The Kier molecular flexibility index (Phi) is 5.05. The van der Waals surface area contributed by atoms with Gasteiger partial charge in [0.1, 0.15) is 0 Å². The van der Waals surface area contributed by atoms with Crippen molar-refractivity contribution in [2.75, 3.05) is 11.1 Å². The van der Waals surface area contributed by atoms with Gasteiger partial charge in [-0.05, 0) is 31.2 Å². The molecule has 1 unspecified atom stereocenters. The van der Waals surface area contributed by atoms with E-state index in [9.17, 15) is 9.59 Å². The number of nitrogens with two attached hydrogens (primary N) is 1. The molecular weight excluding hydrogens is 352 g/mol. The van der Waals surface area contributed by atoms with E-state index in [-0.39, 0.29) is 11.5 Å². The lowest BCUT2D eigenvalue weighted by Gasteiger charge is -2.13. The number of carbonyl (C=O) groups is 2. The number of ether oxygens (including phenoxy) is 1. The number of amides is 1. The molecule has 1 heterocycles. The Bertz CT molecular complexity index is 691. The first-order valence-corrected chi connectivity index (χ1v) is 7.10. The largest absolute Gasteiger partial charge is 0.448 e. The second-order valence-electron chi connectivity index (χ2n) is 4.33. The number of nitrogen functional groups attached to an aromatic ring is 1. The Labute approximate surface area is 135 Å². The lowest BCUT2D eigenvalue weighted by molar-refractivity contribution is -0.123. The number of nitrogens with zero attached hydrogens (tertiary/aromatic N) is 2. The molecule has 2 aromatic rings. The molecule has 1 aromatic carbocycles. The SMILES string of the molecule is CC(OC(=O)c1nccnc1N)C(=O)Nc1ccc(Br)cc1. The fourth-order valence-corrected chi connectivity index (χ4v) is 1.82. The Morgan fingerprint density at radius 2 is 1.86 bits per heavy atom. The molecule has 0 aliphatic rings. The highest BCUT2D eigenvalue weighted by molar-refractivity contribution is 9.10. The quantitative estimate of drug-likeness (QED) is 0.803. The van der Waals surface area contributed by atoms with E-state index < -0.39 is 18.0 Å². The average molecular weight is 365 g/mol. The summed E-state index contributed by atoms with van der Waals surface area (Å²) in [4.78, 5) is 31.4. The second kappa shape index (κ2) is 6.99. The first kappa shape index (κ1) is 15.9. The third kappa shape index (κ3) is 4.01. The number of rotatable bonds is 4. The smallest absolute Gasteiger partial charge is 0.361 e. The molecule has 3 N–H and O–H groups in total. The van der Waals surface area contributed by atoms with Gasteiger partial charge in [0.2, 0.25) is 0 Å². The maximum Gasteiger partial charge on any atom is 0.361 e. The summed E-state index contributed by atoms with van der Waals surface area (Å²) in [6.07, 6.45) is 1.67. The van der Waals surface area contributed by atoms with Crippen molar-refractivity contribution in [1.82, 2.24) is 9.97 Å². The summed E-state index contributed by atoms with van der Waals surface area (Å²) in [5.41, 5.74) is 6.00. The van der Waals surface area contributed by atoms with Crippen LogP contribution in [0.2, 0.25) is 0 Å². The van der Waals surface area contributed by atoms with Crippen LogP contribution in [0.5, 0.6) is 0 Å². The van der Waals surface area contributed by atoms with Crippen molar-refractivity contribution in [2.45, 2.75) is 13.0 Å². The first-order valence-electron chi connectivity index (χ1n) is 6.31. The van der Waals surface area contributed by atoms with Crippen LogP contribution in [0, 0.1) is 0 Å². The summed E-state index contributed by atoms with van der Waals surface area (Å²) in [7, 11) is 0. The number of halogens is 1. The van der Waals surface area contributed by atoms with Gasteiger partial charge < -0.3 is 15.8 Å². The zero-order chi connectivity index (χ0) is 16.1. The number of nitrogens with one attached hydrogen (secondary N) is 1. The van der Waals surface area contributed by atoms with Gasteiger partial charge in [-0.1, -0.05) is 15.9 Å². The van der Waals surface area contributed by atoms with Crippen LogP contribution in [0.4, 0.5) is 11.5 Å². The number of hydrogen-bond donors (Lipinski definition) is 2. The molecule has 0 saturated carbocycles. The Morgan fingerprint density at radius 3 is 2.50 bits per heavy atom. The average Bonchev–Trinajstić information content (AvgIpc) is 2.49. The Balaban J connectivity index is 1.98. The molecular formula is C14H13BrN4O3. The van der Waals surface area contributed by atoms with Crippen LogP contribution < -0.4 is 11.1 Å². The van der Waals surface area contributed by atoms with Crippen molar-refractivity contribution in [3.63, 3.8) is 0 Å². The van der Waals surface area contributed by atoms with E-state index in [1.807, 2.05) is 0 Å². The minimum absolute atomic E-state index is 0.0481. The summed E-state index contributed by atoms with van der Waals surface area (Å²) in [5.74, 6) is -1.31. The lowest BCUT2D eigenvalue weighted by Crippen LogP contribution is -2.30. The van der Waals surface area contributed by atoms with E-state index in [1.165, 1.54) is 19.3 Å². The zero-order valence-corrected chi connectivity index (χ0v) is 13.2. The predicted molar refractivity (Wildman–Crippen MR) is 84.1 cm³/mol. The molecule has 0 radical (unpaired) electrons. The number of carbonyl (C=O) groups excluding carboxylic acids is 2. The normalized spacial score (nSPS) is 11.5. The molecule has 1 aromatic heterocycles. The van der Waals surface area contributed by atoms with Crippen LogP contribution in [0.15, 0.2) is 41.1 Å². The minimum Gasteiger partial charge on any atom is -0.448 e. The third-order valence-electron chi connectivity index (χ3n) is 2.68. The van der Waals surface area contributed by atoms with Crippen LogP contribution in [0.25, 0.3) is 0 Å². The van der Waals surface area contributed by atoms with Gasteiger partial charge in [-0.3, -0.25) is 4.79 Å². The van der Waals surface area contributed by atoms with E-state index >= 15 is 0 Å². The van der Waals surface area contributed by atoms with E-state index in [1.54, 1.807) is 24.3 Å². The molecule has 1 atom stereocenters. The van der Waals surface area contributed by atoms with E-state index in [4.69, 9.17) is 10.5 Å². The van der Waals surface area contributed by atoms with Gasteiger partial charge in [0, 0.05) is 22.6 Å². The number of aromatic nitrogens is 2. The molecule has 0 fully saturated rings. The molecule has 0 aliphatic heterocycles. The lowest BCUT2D eigenvalue weighted by atomic mass is 10.3. The van der Waals surface area contributed by atoms with Gasteiger partial charge >= 0.3 is 5.97 Å². The second-order valence-corrected chi connectivity index (χ2v) is 5.25. The van der Waals surface area contributed by atoms with Gasteiger partial charge in [0.15, 0.2) is 17.6 Å². The van der Waals surface area contributed by atoms with Crippen molar-refractivity contribution in [3.8, 4) is 0 Å². The van der Waals surface area contributed by atoms with Crippen molar-refractivity contribution in [3.05, 3.63) is 46.8 Å². The molecule has 0 saturated heterocycles. The molecule has 0 spiro atoms. The maximum atomic E-state index is 12.0. The summed E-state index contributed by atoms with van der Waals surface area (Å²) in [5, 5.41) is 2.64. The fraction of sp³-hybridized carbons (Fsp3) is 0.143. The molecule has 8 heteroatoms. The van der Waals surface area contributed by atoms with Gasteiger partial charge in [-0.25, -0.2) is 14.8 Å². The monoisotopic (exact) mass is 364 g/mol. The van der Waals surface area contributed by atoms with Gasteiger partial charge in [0.25, 0.3) is 5.91 Å². The molecule has 1 amide bonds. The third-order valence-corrected chi connectivity index (χ3v) is 3.21. The molecule has 22 heavy (non-hydrogen) atoms. The molecule has 7 nitrogen and oxygen atoms in total. The van der Waals surface area contributed by atoms with E-state index in [2.05, 4.69) is 31.2 Å². The number of hydrogen-bond acceptors (Lipinski definition) is 6. The summed E-state index contributed by atoms with van der Waals surface area (Å²) in [6, 6.07) is 7.01. The summed E-state index contributed by atoms with van der Waals surface area (Å²) >= 11 is 3.30. The first-order chi connectivity index (χ1) is 10.5. The number of benzene rings is 1. The Hall–Kier alpha value is -2.48. The number of esters is 1. The van der Waals surface area contributed by atoms with Crippen LogP contribution in [-0.4, -0.2) is 27.9 Å². The highest BCUT2D eigenvalue weighted by atomic mass is 79.9. The van der Waals surface area contributed by atoms with Crippen molar-refractivity contribution in [2.24, 2.45) is 0 Å². The minimum atomic E-state index is -1.00. The standard InChI is InChI=1S/C14H13BrN4O3/c1-8(13(20)19-10-4-2-9(15)3-5-10)22-14(21)11-12(16)18-7-6-17-11/h2-8H,1H3,(H2,16,18)(H,19,20). The maximum absolute atomic E-state index is 12.0. The van der Waals surface area contributed by atoms with Crippen LogP contribution in [0.3, 0.4) is 0 Å². The van der Waals surface area contributed by atoms with E-state index in [0.717, 1.165) is 4.47 Å². The van der Waals surface area contributed by atoms with Gasteiger partial charge in [0.05, 0.1) is 0 Å². The molecule has 0 bridgehead atoms. The number of anilines is 2. The molecule has 114 valence electrons. The van der Waals surface area contributed by atoms with Crippen molar-refractivity contribution >= 4 is 39.3 Å². The Morgan fingerprint density at radius 1 is 1.23 bits per heavy atom. The highest BCUT2D eigenvalue weighted by Gasteiger charge is 2.21. The summed E-state index contributed by atoms with van der Waals surface area (Å²) in [6.45, 7) is 1.46. The van der Waals surface area contributed by atoms with Gasteiger partial charge in [-0.2, -0.15) is 0 Å². The van der Waals surface area contributed by atoms with Crippen LogP contribution in [-0.2, 0) is 9.53 Å².